The molecule has 0 aliphatic carbocycles. The largest absolute Gasteiger partial charge is 0.382 e. The average molecular weight is 364 g/mol. The van der Waals surface area contributed by atoms with Crippen LogP contribution in [0.1, 0.15) is 22.8 Å². The third-order valence-electron chi connectivity index (χ3n) is 3.69. The van der Waals surface area contributed by atoms with E-state index >= 15 is 0 Å². The molecule has 2 heterocycles. The Balaban J connectivity index is 1.97. The number of aromatic nitrogens is 2. The van der Waals surface area contributed by atoms with E-state index in [1.54, 1.807) is 24.4 Å². The Bertz CT molecular complexity index is 1050. The van der Waals surface area contributed by atoms with Gasteiger partial charge < -0.3 is 21.8 Å². The number of carbonyl (C=O) groups is 1. The lowest BCUT2D eigenvalue weighted by molar-refractivity contribution is 0.102. The van der Waals surface area contributed by atoms with Crippen LogP contribution in [0.2, 0.25) is 0 Å². The summed E-state index contributed by atoms with van der Waals surface area (Å²) in [6.07, 6.45) is 6.63. The third-order valence-corrected chi connectivity index (χ3v) is 4.69. The molecule has 0 aliphatic heterocycles. The minimum atomic E-state index is -0.328. The number of carbonyl (C=O) groups excluding carboxylic acids is 1. The molecule has 5 N–H and O–H groups in total. The second kappa shape index (κ2) is 7.21. The van der Waals surface area contributed by atoms with Crippen molar-refractivity contribution in [2.45, 2.75) is 6.92 Å². The molecule has 8 heteroatoms. The Hall–Kier alpha value is -3.44. The van der Waals surface area contributed by atoms with Crippen molar-refractivity contribution in [3.8, 4) is 12.3 Å². The molecule has 0 saturated carbocycles. The monoisotopic (exact) mass is 364 g/mol. The van der Waals surface area contributed by atoms with Crippen molar-refractivity contribution in [1.82, 2.24) is 9.97 Å². The molecule has 1 amide bonds. The fraction of sp³-hybridized carbons (Fsp3) is 0.111. The van der Waals surface area contributed by atoms with Gasteiger partial charge in [0.1, 0.15) is 12.1 Å². The van der Waals surface area contributed by atoms with Crippen LogP contribution in [0.15, 0.2) is 29.9 Å². The lowest BCUT2D eigenvalue weighted by Gasteiger charge is -2.15. The number of benzene rings is 1. The summed E-state index contributed by atoms with van der Waals surface area (Å²) >= 11 is 1.32. The number of nitrogens with zero attached hydrogens (tertiary/aromatic N) is 2. The van der Waals surface area contributed by atoms with Crippen LogP contribution in [0, 0.1) is 17.8 Å². The number of fused-ring (bicyclic) bond motifs is 1. The van der Waals surface area contributed by atoms with Gasteiger partial charge in [0.15, 0.2) is 0 Å². The van der Waals surface area contributed by atoms with E-state index in [-0.39, 0.29) is 5.91 Å². The maximum absolute atomic E-state index is 12.8. The van der Waals surface area contributed by atoms with Gasteiger partial charge in [-0.2, -0.15) is 0 Å². The minimum Gasteiger partial charge on any atom is -0.382 e. The molecule has 1 aromatic carbocycles. The standard InChI is InChI=1S/C18H16N6OS/c1-3-7-21-12-5-4-6-13(14(12)10(2)19)24-18(25)11-8-26-16-15(11)22-9-23-17(16)20/h1,4-6,8-9,19,21H,7H2,2H3,(H,24,25)(H2,20,22,23). The molecule has 0 atom stereocenters. The molecule has 2 aromatic heterocycles. The first-order chi connectivity index (χ1) is 12.5. The summed E-state index contributed by atoms with van der Waals surface area (Å²) in [5, 5.41) is 15.7. The third kappa shape index (κ3) is 3.20. The van der Waals surface area contributed by atoms with E-state index in [9.17, 15) is 4.79 Å². The highest BCUT2D eigenvalue weighted by Crippen LogP contribution is 2.30. The van der Waals surface area contributed by atoms with Crippen LogP contribution in [0.5, 0.6) is 0 Å². The van der Waals surface area contributed by atoms with Crippen LogP contribution in [0.4, 0.5) is 17.2 Å². The highest BCUT2D eigenvalue weighted by atomic mass is 32.1. The van der Waals surface area contributed by atoms with E-state index < -0.39 is 0 Å². The van der Waals surface area contributed by atoms with E-state index in [2.05, 4.69) is 26.5 Å². The number of nitrogen functional groups attached to an aromatic ring is 1. The highest BCUT2D eigenvalue weighted by molar-refractivity contribution is 7.18. The molecule has 3 rings (SSSR count). The van der Waals surface area contributed by atoms with Gasteiger partial charge in [-0.15, -0.1) is 17.8 Å². The van der Waals surface area contributed by atoms with Gasteiger partial charge in [0, 0.05) is 22.3 Å². The average Bonchev–Trinajstić information content (AvgIpc) is 3.05. The number of hydrogen-bond acceptors (Lipinski definition) is 7. The molecule has 0 bridgehead atoms. The molecular weight excluding hydrogens is 348 g/mol. The number of nitrogens with two attached hydrogens (primary N) is 1. The summed E-state index contributed by atoms with van der Waals surface area (Å²) in [5.74, 6) is 2.51. The van der Waals surface area contributed by atoms with E-state index in [0.717, 1.165) is 0 Å². The van der Waals surface area contributed by atoms with Crippen molar-refractivity contribution in [2.75, 3.05) is 22.9 Å². The van der Waals surface area contributed by atoms with Gasteiger partial charge in [0.25, 0.3) is 5.91 Å². The molecule has 26 heavy (non-hydrogen) atoms. The normalized spacial score (nSPS) is 10.3. The van der Waals surface area contributed by atoms with Crippen LogP contribution in [-0.2, 0) is 0 Å². The summed E-state index contributed by atoms with van der Waals surface area (Å²) < 4.78 is 0.672. The zero-order valence-corrected chi connectivity index (χ0v) is 14.8. The van der Waals surface area contributed by atoms with Gasteiger partial charge in [-0.1, -0.05) is 12.0 Å². The molecule has 0 saturated heterocycles. The molecule has 7 nitrogen and oxygen atoms in total. The van der Waals surface area contributed by atoms with E-state index in [0.29, 0.717) is 50.8 Å². The Labute approximate surface area is 154 Å². The van der Waals surface area contributed by atoms with Crippen LogP contribution >= 0.6 is 11.3 Å². The smallest absolute Gasteiger partial charge is 0.258 e. The summed E-state index contributed by atoms with van der Waals surface area (Å²) in [4.78, 5) is 20.9. The number of terminal acetylenes is 1. The van der Waals surface area contributed by atoms with E-state index in [4.69, 9.17) is 17.6 Å². The molecule has 0 aliphatic rings. The Kier molecular flexibility index (Phi) is 4.82. The highest BCUT2D eigenvalue weighted by Gasteiger charge is 2.18. The van der Waals surface area contributed by atoms with Gasteiger partial charge in [0.2, 0.25) is 0 Å². The van der Waals surface area contributed by atoms with Crippen LogP contribution in [0.25, 0.3) is 10.2 Å². The molecule has 0 radical (unpaired) electrons. The maximum Gasteiger partial charge on any atom is 0.258 e. The van der Waals surface area contributed by atoms with Gasteiger partial charge >= 0.3 is 0 Å². The topological polar surface area (TPSA) is 117 Å². The molecule has 3 aromatic rings. The first-order valence-electron chi connectivity index (χ1n) is 7.67. The number of thiophene rings is 1. The molecule has 0 unspecified atom stereocenters. The van der Waals surface area contributed by atoms with Crippen molar-refractivity contribution in [2.24, 2.45) is 0 Å². The number of amides is 1. The lowest BCUT2D eigenvalue weighted by Crippen LogP contribution is -2.15. The zero-order chi connectivity index (χ0) is 18.7. The van der Waals surface area contributed by atoms with Crippen LogP contribution < -0.4 is 16.4 Å². The zero-order valence-electron chi connectivity index (χ0n) is 14.0. The van der Waals surface area contributed by atoms with Crippen molar-refractivity contribution in [1.29, 1.82) is 5.41 Å². The Morgan fingerprint density at radius 1 is 1.38 bits per heavy atom. The van der Waals surface area contributed by atoms with Crippen LogP contribution in [-0.4, -0.2) is 28.1 Å². The fourth-order valence-electron chi connectivity index (χ4n) is 2.57. The second-order valence-electron chi connectivity index (χ2n) is 5.45. The first kappa shape index (κ1) is 17.4. The van der Waals surface area contributed by atoms with Crippen molar-refractivity contribution in [3.63, 3.8) is 0 Å². The number of hydrogen-bond donors (Lipinski definition) is 4. The number of anilines is 3. The van der Waals surface area contributed by atoms with Crippen molar-refractivity contribution in [3.05, 3.63) is 41.0 Å². The van der Waals surface area contributed by atoms with Gasteiger partial charge in [-0.25, -0.2) is 9.97 Å². The molecule has 130 valence electrons. The second-order valence-corrected chi connectivity index (χ2v) is 6.33. The maximum atomic E-state index is 12.8. The van der Waals surface area contributed by atoms with Crippen molar-refractivity contribution < 1.29 is 4.79 Å². The quantitative estimate of drug-likeness (QED) is 0.410. The SMILES string of the molecule is C#CCNc1cccc(NC(=O)c2csc3c(N)ncnc23)c1C(C)=N. The summed E-state index contributed by atoms with van der Waals surface area (Å²) in [5.41, 5.74) is 8.85. The van der Waals surface area contributed by atoms with Crippen LogP contribution in [0.3, 0.4) is 0 Å². The fourth-order valence-corrected chi connectivity index (χ4v) is 3.48. The molecule has 0 spiro atoms. The molecule has 0 fully saturated rings. The lowest BCUT2D eigenvalue weighted by atomic mass is 10.1. The van der Waals surface area contributed by atoms with Gasteiger partial charge in [0.05, 0.1) is 28.0 Å². The van der Waals surface area contributed by atoms with Gasteiger partial charge in [-0.3, -0.25) is 4.79 Å². The first-order valence-corrected chi connectivity index (χ1v) is 8.55. The van der Waals surface area contributed by atoms with Crippen molar-refractivity contribution >= 4 is 50.4 Å². The van der Waals surface area contributed by atoms with E-state index in [1.807, 2.05) is 6.07 Å². The predicted octanol–water partition coefficient (Wildman–Crippen LogP) is 2.96. The number of rotatable bonds is 5. The Morgan fingerprint density at radius 3 is 2.88 bits per heavy atom. The van der Waals surface area contributed by atoms with Gasteiger partial charge in [-0.05, 0) is 19.1 Å². The predicted molar refractivity (Wildman–Crippen MR) is 106 cm³/mol. The summed E-state index contributed by atoms with van der Waals surface area (Å²) in [6.45, 7) is 1.98. The Morgan fingerprint density at radius 2 is 2.15 bits per heavy atom. The van der Waals surface area contributed by atoms with E-state index in [1.165, 1.54) is 17.7 Å². The minimum absolute atomic E-state index is 0.308. The summed E-state index contributed by atoms with van der Waals surface area (Å²) in [6, 6.07) is 5.34. The number of nitrogens with one attached hydrogen (secondary N) is 3. The summed E-state index contributed by atoms with van der Waals surface area (Å²) in [7, 11) is 0. The molecular formula is C18H16N6OS.